The molecule has 116 valence electrons. The van der Waals surface area contributed by atoms with Crippen molar-refractivity contribution in [3.8, 4) is 0 Å². The van der Waals surface area contributed by atoms with Gasteiger partial charge < -0.3 is 0 Å². The number of imide groups is 1. The Labute approximate surface area is 150 Å². The van der Waals surface area contributed by atoms with Crippen LogP contribution in [0.1, 0.15) is 11.1 Å². The normalized spacial score (nSPS) is 16.4. The van der Waals surface area contributed by atoms with Crippen LogP contribution in [0.25, 0.3) is 6.08 Å². The molecule has 0 radical (unpaired) electrons. The van der Waals surface area contributed by atoms with E-state index in [-0.39, 0.29) is 23.5 Å². The standard InChI is InChI=1S/C17H11FINO2S/c18-13-7-5-11(6-8-13)10-20-16(21)15(23-17(20)22)9-12-3-1-2-4-14(12)19/h1-9H,10H2. The first kappa shape index (κ1) is 16.2. The number of amides is 2. The first-order valence-corrected chi connectivity index (χ1v) is 8.68. The monoisotopic (exact) mass is 439 g/mol. The van der Waals surface area contributed by atoms with Gasteiger partial charge in [-0.25, -0.2) is 4.39 Å². The summed E-state index contributed by atoms with van der Waals surface area (Å²) in [4.78, 5) is 26.1. The van der Waals surface area contributed by atoms with Crippen molar-refractivity contribution in [2.45, 2.75) is 6.54 Å². The lowest BCUT2D eigenvalue weighted by molar-refractivity contribution is -0.123. The lowest BCUT2D eigenvalue weighted by Crippen LogP contribution is -2.27. The molecule has 0 bridgehead atoms. The van der Waals surface area contributed by atoms with E-state index in [0.29, 0.717) is 10.5 Å². The second kappa shape index (κ2) is 6.84. The summed E-state index contributed by atoms with van der Waals surface area (Å²) in [7, 11) is 0. The molecule has 1 aliphatic rings. The molecule has 0 atom stereocenters. The van der Waals surface area contributed by atoms with Crippen molar-refractivity contribution < 1.29 is 14.0 Å². The van der Waals surface area contributed by atoms with Crippen molar-refractivity contribution >= 4 is 51.6 Å². The molecule has 6 heteroatoms. The summed E-state index contributed by atoms with van der Waals surface area (Å²) in [6, 6.07) is 13.4. The number of hydrogen-bond donors (Lipinski definition) is 0. The van der Waals surface area contributed by atoms with Gasteiger partial charge in [0, 0.05) is 3.57 Å². The van der Waals surface area contributed by atoms with E-state index < -0.39 is 0 Å². The van der Waals surface area contributed by atoms with E-state index in [0.717, 1.165) is 20.9 Å². The molecule has 0 saturated carbocycles. The summed E-state index contributed by atoms with van der Waals surface area (Å²) in [5, 5.41) is -0.309. The number of benzene rings is 2. The minimum absolute atomic E-state index is 0.147. The van der Waals surface area contributed by atoms with Gasteiger partial charge in [0.2, 0.25) is 0 Å². The molecule has 0 spiro atoms. The number of hydrogen-bond acceptors (Lipinski definition) is 3. The highest BCUT2D eigenvalue weighted by molar-refractivity contribution is 14.1. The van der Waals surface area contributed by atoms with E-state index in [1.165, 1.54) is 17.0 Å². The first-order chi connectivity index (χ1) is 11.0. The van der Waals surface area contributed by atoms with Crippen LogP contribution in [0.5, 0.6) is 0 Å². The zero-order chi connectivity index (χ0) is 16.4. The van der Waals surface area contributed by atoms with Gasteiger partial charge in [-0.1, -0.05) is 30.3 Å². The third kappa shape index (κ3) is 3.64. The molecule has 0 aromatic heterocycles. The predicted molar refractivity (Wildman–Crippen MR) is 97.1 cm³/mol. The SMILES string of the molecule is O=C1SC(=Cc2ccccc2I)C(=O)N1Cc1ccc(F)cc1. The highest BCUT2D eigenvalue weighted by atomic mass is 127. The van der Waals surface area contributed by atoms with E-state index in [2.05, 4.69) is 22.6 Å². The van der Waals surface area contributed by atoms with Gasteiger partial charge in [0.25, 0.3) is 11.1 Å². The van der Waals surface area contributed by atoms with Crippen LogP contribution in [0, 0.1) is 9.39 Å². The number of nitrogens with zero attached hydrogens (tertiary/aromatic N) is 1. The maximum Gasteiger partial charge on any atom is 0.293 e. The minimum Gasteiger partial charge on any atom is -0.268 e. The van der Waals surface area contributed by atoms with E-state index in [1.807, 2.05) is 24.3 Å². The maximum atomic E-state index is 12.9. The molecule has 3 nitrogen and oxygen atoms in total. The molecule has 2 aromatic carbocycles. The number of carbonyl (C=O) groups excluding carboxylic acids is 2. The minimum atomic E-state index is -0.346. The predicted octanol–water partition coefficient (Wildman–Crippen LogP) is 4.67. The summed E-state index contributed by atoms with van der Waals surface area (Å²) in [5.41, 5.74) is 1.62. The van der Waals surface area contributed by atoms with Gasteiger partial charge in [-0.05, 0) is 69.8 Å². The van der Waals surface area contributed by atoms with Gasteiger partial charge >= 0.3 is 0 Å². The topological polar surface area (TPSA) is 37.4 Å². The molecule has 1 saturated heterocycles. The van der Waals surface area contributed by atoms with E-state index >= 15 is 0 Å². The Bertz CT molecular complexity index is 804. The molecule has 1 fully saturated rings. The molecule has 0 aliphatic carbocycles. The van der Waals surface area contributed by atoms with Crippen LogP contribution in [-0.2, 0) is 11.3 Å². The summed E-state index contributed by atoms with van der Waals surface area (Å²) >= 11 is 3.12. The highest BCUT2D eigenvalue weighted by Crippen LogP contribution is 2.33. The van der Waals surface area contributed by atoms with Crippen molar-refractivity contribution in [2.24, 2.45) is 0 Å². The zero-order valence-corrected chi connectivity index (χ0v) is 14.8. The van der Waals surface area contributed by atoms with Crippen molar-refractivity contribution in [1.29, 1.82) is 0 Å². The van der Waals surface area contributed by atoms with Crippen molar-refractivity contribution in [3.05, 3.63) is 74.0 Å². The maximum absolute atomic E-state index is 12.9. The van der Waals surface area contributed by atoms with Crippen LogP contribution < -0.4 is 0 Å². The quantitative estimate of drug-likeness (QED) is 0.516. The highest BCUT2D eigenvalue weighted by Gasteiger charge is 2.35. The zero-order valence-electron chi connectivity index (χ0n) is 11.8. The number of thioether (sulfide) groups is 1. The van der Waals surface area contributed by atoms with Gasteiger partial charge in [0.15, 0.2) is 0 Å². The Morgan fingerprint density at radius 3 is 2.48 bits per heavy atom. The van der Waals surface area contributed by atoms with E-state index in [4.69, 9.17) is 0 Å². The third-order valence-electron chi connectivity index (χ3n) is 3.32. The molecular weight excluding hydrogens is 428 g/mol. The van der Waals surface area contributed by atoms with Gasteiger partial charge in [0.1, 0.15) is 5.82 Å². The smallest absolute Gasteiger partial charge is 0.268 e. The molecule has 3 rings (SSSR count). The molecule has 1 heterocycles. The van der Waals surface area contributed by atoms with Crippen LogP contribution >= 0.6 is 34.4 Å². The fourth-order valence-corrected chi connectivity index (χ4v) is 3.51. The summed E-state index contributed by atoms with van der Waals surface area (Å²) < 4.78 is 13.9. The average molecular weight is 439 g/mol. The summed E-state index contributed by atoms with van der Waals surface area (Å²) in [6.07, 6.45) is 1.73. The van der Waals surface area contributed by atoms with Crippen LogP contribution in [-0.4, -0.2) is 16.0 Å². The Hall–Kier alpha value is -1.67. The Kier molecular flexibility index (Phi) is 4.82. The lowest BCUT2D eigenvalue weighted by Gasteiger charge is -2.12. The molecular formula is C17H11FINO2S. The van der Waals surface area contributed by atoms with Gasteiger partial charge in [-0.3, -0.25) is 14.5 Å². The summed E-state index contributed by atoms with van der Waals surface area (Å²) in [5.74, 6) is -0.662. The molecule has 23 heavy (non-hydrogen) atoms. The van der Waals surface area contributed by atoms with Gasteiger partial charge in [-0.15, -0.1) is 0 Å². The van der Waals surface area contributed by atoms with Crippen molar-refractivity contribution in [2.75, 3.05) is 0 Å². The van der Waals surface area contributed by atoms with Crippen molar-refractivity contribution in [1.82, 2.24) is 4.90 Å². The lowest BCUT2D eigenvalue weighted by atomic mass is 10.2. The van der Waals surface area contributed by atoms with Crippen LogP contribution in [0.4, 0.5) is 9.18 Å². The fraction of sp³-hybridized carbons (Fsp3) is 0.0588. The number of carbonyl (C=O) groups is 2. The fourth-order valence-electron chi connectivity index (χ4n) is 2.14. The van der Waals surface area contributed by atoms with Gasteiger partial charge in [-0.2, -0.15) is 0 Å². The van der Waals surface area contributed by atoms with Crippen molar-refractivity contribution in [3.63, 3.8) is 0 Å². The Morgan fingerprint density at radius 1 is 1.09 bits per heavy atom. The molecule has 1 aliphatic heterocycles. The Morgan fingerprint density at radius 2 is 1.78 bits per heavy atom. The first-order valence-electron chi connectivity index (χ1n) is 6.79. The molecule has 0 unspecified atom stereocenters. The van der Waals surface area contributed by atoms with E-state index in [9.17, 15) is 14.0 Å². The number of rotatable bonds is 3. The van der Waals surface area contributed by atoms with Crippen LogP contribution in [0.2, 0.25) is 0 Å². The molecule has 2 aromatic rings. The molecule has 2 amide bonds. The van der Waals surface area contributed by atoms with Crippen LogP contribution in [0.3, 0.4) is 0 Å². The van der Waals surface area contributed by atoms with Gasteiger partial charge in [0.05, 0.1) is 11.4 Å². The average Bonchev–Trinajstić information content (AvgIpc) is 2.79. The largest absolute Gasteiger partial charge is 0.293 e. The van der Waals surface area contributed by atoms with Crippen LogP contribution in [0.15, 0.2) is 53.4 Å². The second-order valence-corrected chi connectivity index (χ2v) is 7.07. The second-order valence-electron chi connectivity index (χ2n) is 4.92. The third-order valence-corrected chi connectivity index (χ3v) is 5.21. The Balaban J connectivity index is 1.82. The van der Waals surface area contributed by atoms with E-state index in [1.54, 1.807) is 18.2 Å². The summed E-state index contributed by atoms with van der Waals surface area (Å²) in [6.45, 7) is 0.147. The number of halogens is 2. The molecule has 0 N–H and O–H groups in total.